The highest BCUT2D eigenvalue weighted by Crippen LogP contribution is 2.36. The molecule has 1 nitrogen and oxygen atoms in total. The molecule has 2 atom stereocenters. The van der Waals surface area contributed by atoms with E-state index in [2.05, 4.69) is 36.4 Å². The maximum Gasteiger partial charge on any atom is 0.0771 e. The summed E-state index contributed by atoms with van der Waals surface area (Å²) in [6.45, 7) is 4.49. The van der Waals surface area contributed by atoms with E-state index >= 15 is 0 Å². The summed E-state index contributed by atoms with van der Waals surface area (Å²) in [6.07, 6.45) is 10.1. The summed E-state index contributed by atoms with van der Waals surface area (Å²) in [7, 11) is 0. The Labute approximate surface area is 102 Å². The highest BCUT2D eigenvalue weighted by molar-refractivity contribution is 14.1. The highest BCUT2D eigenvalue weighted by atomic mass is 127. The number of hydrogen-bond donors (Lipinski definition) is 0. The van der Waals surface area contributed by atoms with E-state index in [1.54, 1.807) is 0 Å². The van der Waals surface area contributed by atoms with Crippen molar-refractivity contribution in [3.05, 3.63) is 0 Å². The van der Waals surface area contributed by atoms with Crippen molar-refractivity contribution in [3.63, 3.8) is 0 Å². The fourth-order valence-electron chi connectivity index (χ4n) is 2.10. The van der Waals surface area contributed by atoms with Crippen molar-refractivity contribution in [1.82, 2.24) is 0 Å². The normalized spacial score (nSPS) is 31.5. The SMILES string of the molecule is CCCCCCCC1C[C@](C)(CI)O1. The van der Waals surface area contributed by atoms with Gasteiger partial charge in [-0.05, 0) is 13.3 Å². The molecule has 0 aromatic carbocycles. The zero-order chi connectivity index (χ0) is 10.4. The maximum absolute atomic E-state index is 5.87. The second kappa shape index (κ2) is 6.31. The van der Waals surface area contributed by atoms with E-state index in [0.717, 1.165) is 4.43 Å². The van der Waals surface area contributed by atoms with E-state index in [0.29, 0.717) is 6.10 Å². The van der Waals surface area contributed by atoms with Crippen molar-refractivity contribution in [3.8, 4) is 0 Å². The van der Waals surface area contributed by atoms with Gasteiger partial charge >= 0.3 is 0 Å². The number of unbranched alkanes of at least 4 members (excludes halogenated alkanes) is 4. The first-order valence-corrected chi connectivity index (χ1v) is 7.46. The molecule has 0 aromatic rings. The van der Waals surface area contributed by atoms with E-state index in [9.17, 15) is 0 Å². The monoisotopic (exact) mass is 310 g/mol. The molecule has 1 rings (SSSR count). The third-order valence-electron chi connectivity index (χ3n) is 3.02. The summed E-state index contributed by atoms with van der Waals surface area (Å²) in [6, 6.07) is 0. The van der Waals surface area contributed by atoms with Gasteiger partial charge in [-0.3, -0.25) is 0 Å². The molecule has 1 heterocycles. The van der Waals surface area contributed by atoms with Gasteiger partial charge in [0, 0.05) is 10.8 Å². The minimum absolute atomic E-state index is 0.217. The summed E-state index contributed by atoms with van der Waals surface area (Å²) < 4.78 is 7.01. The maximum atomic E-state index is 5.87. The fourth-order valence-corrected chi connectivity index (χ4v) is 2.59. The van der Waals surface area contributed by atoms with Gasteiger partial charge in [-0.15, -0.1) is 0 Å². The van der Waals surface area contributed by atoms with Crippen LogP contribution in [0.1, 0.15) is 58.8 Å². The lowest BCUT2D eigenvalue weighted by molar-refractivity contribution is -0.181. The van der Waals surface area contributed by atoms with E-state index in [1.807, 2.05) is 0 Å². The lowest BCUT2D eigenvalue weighted by Gasteiger charge is -2.44. The van der Waals surface area contributed by atoms with E-state index < -0.39 is 0 Å². The van der Waals surface area contributed by atoms with Crippen LogP contribution in [0.2, 0.25) is 0 Å². The fraction of sp³-hybridized carbons (Fsp3) is 1.00. The first-order chi connectivity index (χ1) is 6.70. The molecular formula is C12H23IO. The van der Waals surface area contributed by atoms with Gasteiger partial charge in [0.1, 0.15) is 0 Å². The Morgan fingerprint density at radius 3 is 2.50 bits per heavy atom. The standard InChI is InChI=1S/C12H23IO/c1-3-4-5-6-7-8-11-9-12(2,10-13)14-11/h11H,3-10H2,1-2H3/t11?,12-/m1/s1. The van der Waals surface area contributed by atoms with Crippen molar-refractivity contribution in [2.24, 2.45) is 0 Å². The van der Waals surface area contributed by atoms with Crippen LogP contribution in [0.4, 0.5) is 0 Å². The Balaban J connectivity index is 1.91. The average Bonchev–Trinajstić information content (AvgIpc) is 2.14. The van der Waals surface area contributed by atoms with Crippen molar-refractivity contribution >= 4 is 22.6 Å². The third kappa shape index (κ3) is 4.05. The van der Waals surface area contributed by atoms with Gasteiger partial charge in [-0.2, -0.15) is 0 Å². The second-order valence-corrected chi connectivity index (χ2v) is 5.49. The van der Waals surface area contributed by atoms with Gasteiger partial charge in [-0.1, -0.05) is 61.6 Å². The Kier molecular flexibility index (Phi) is 5.75. The Bertz CT molecular complexity index is 152. The summed E-state index contributed by atoms with van der Waals surface area (Å²) >= 11 is 2.42. The van der Waals surface area contributed by atoms with Crippen LogP contribution in [-0.2, 0) is 4.74 Å². The molecule has 84 valence electrons. The average molecular weight is 310 g/mol. The summed E-state index contributed by atoms with van der Waals surface area (Å²) in [5, 5.41) is 0. The second-order valence-electron chi connectivity index (χ2n) is 4.73. The van der Waals surface area contributed by atoms with Gasteiger partial charge in [0.15, 0.2) is 0 Å². The molecule has 0 N–H and O–H groups in total. The van der Waals surface area contributed by atoms with Crippen LogP contribution < -0.4 is 0 Å². The number of rotatable bonds is 7. The van der Waals surface area contributed by atoms with Gasteiger partial charge < -0.3 is 4.74 Å². The van der Waals surface area contributed by atoms with Crippen LogP contribution in [0, 0.1) is 0 Å². The first kappa shape index (κ1) is 12.8. The third-order valence-corrected chi connectivity index (χ3v) is 4.64. The molecule has 1 aliphatic rings. The molecule has 1 unspecified atom stereocenters. The molecule has 1 fully saturated rings. The van der Waals surface area contributed by atoms with Gasteiger partial charge in [0.2, 0.25) is 0 Å². The van der Waals surface area contributed by atoms with Crippen LogP contribution in [-0.4, -0.2) is 16.1 Å². The zero-order valence-corrected chi connectivity index (χ0v) is 11.7. The molecule has 0 amide bonds. The molecule has 14 heavy (non-hydrogen) atoms. The molecule has 0 radical (unpaired) electrons. The van der Waals surface area contributed by atoms with Crippen LogP contribution in [0.5, 0.6) is 0 Å². The molecule has 0 saturated carbocycles. The van der Waals surface area contributed by atoms with Crippen LogP contribution in [0.25, 0.3) is 0 Å². The number of alkyl halides is 1. The molecule has 0 aliphatic carbocycles. The molecule has 1 saturated heterocycles. The number of hydrogen-bond acceptors (Lipinski definition) is 1. The molecule has 0 aromatic heterocycles. The van der Waals surface area contributed by atoms with Crippen LogP contribution in [0.15, 0.2) is 0 Å². The predicted molar refractivity (Wildman–Crippen MR) is 70.2 cm³/mol. The van der Waals surface area contributed by atoms with Crippen LogP contribution >= 0.6 is 22.6 Å². The Hall–Kier alpha value is 0.690. The minimum atomic E-state index is 0.217. The van der Waals surface area contributed by atoms with Crippen molar-refractivity contribution in [1.29, 1.82) is 0 Å². The van der Waals surface area contributed by atoms with Crippen molar-refractivity contribution in [2.75, 3.05) is 4.43 Å². The first-order valence-electron chi connectivity index (χ1n) is 5.94. The summed E-state index contributed by atoms with van der Waals surface area (Å²) in [5.74, 6) is 0. The summed E-state index contributed by atoms with van der Waals surface area (Å²) in [4.78, 5) is 0. The molecule has 0 bridgehead atoms. The minimum Gasteiger partial charge on any atom is -0.371 e. The molecule has 2 heteroatoms. The van der Waals surface area contributed by atoms with Crippen LogP contribution in [0.3, 0.4) is 0 Å². The largest absolute Gasteiger partial charge is 0.371 e. The van der Waals surface area contributed by atoms with Gasteiger partial charge in [0.25, 0.3) is 0 Å². The molecule has 0 spiro atoms. The summed E-state index contributed by atoms with van der Waals surface area (Å²) in [5.41, 5.74) is 0.217. The van der Waals surface area contributed by atoms with E-state index in [-0.39, 0.29) is 5.60 Å². The van der Waals surface area contributed by atoms with E-state index in [4.69, 9.17) is 4.74 Å². The topological polar surface area (TPSA) is 9.23 Å². The number of halogens is 1. The molecular weight excluding hydrogens is 287 g/mol. The predicted octanol–water partition coefficient (Wildman–Crippen LogP) is 4.33. The highest BCUT2D eigenvalue weighted by Gasteiger charge is 2.39. The Morgan fingerprint density at radius 1 is 1.29 bits per heavy atom. The zero-order valence-electron chi connectivity index (χ0n) is 9.52. The van der Waals surface area contributed by atoms with Gasteiger partial charge in [0.05, 0.1) is 11.7 Å². The van der Waals surface area contributed by atoms with Crippen molar-refractivity contribution in [2.45, 2.75) is 70.5 Å². The number of ether oxygens (including phenoxy) is 1. The smallest absolute Gasteiger partial charge is 0.0771 e. The van der Waals surface area contributed by atoms with Crippen molar-refractivity contribution < 1.29 is 4.74 Å². The van der Waals surface area contributed by atoms with E-state index in [1.165, 1.54) is 44.9 Å². The van der Waals surface area contributed by atoms with Gasteiger partial charge in [-0.25, -0.2) is 0 Å². The Morgan fingerprint density at radius 2 is 1.93 bits per heavy atom. The quantitative estimate of drug-likeness (QED) is 0.386. The molecule has 1 aliphatic heterocycles. The lowest BCUT2D eigenvalue weighted by Crippen LogP contribution is -2.49. The lowest BCUT2D eigenvalue weighted by atomic mass is 9.90.